The van der Waals surface area contributed by atoms with E-state index in [9.17, 15) is 9.90 Å². The van der Waals surface area contributed by atoms with Gasteiger partial charge < -0.3 is 10.2 Å². The van der Waals surface area contributed by atoms with E-state index in [1.807, 2.05) is 6.07 Å². The van der Waals surface area contributed by atoms with Crippen molar-refractivity contribution in [3.63, 3.8) is 0 Å². The van der Waals surface area contributed by atoms with Gasteiger partial charge in [0.2, 0.25) is 0 Å². The molecule has 1 heterocycles. The van der Waals surface area contributed by atoms with Crippen molar-refractivity contribution >= 4 is 21.9 Å². The van der Waals surface area contributed by atoms with E-state index in [1.165, 1.54) is 16.3 Å². The summed E-state index contributed by atoms with van der Waals surface area (Å²) < 4.78 is 2.19. The molecule has 0 aliphatic heterocycles. The van der Waals surface area contributed by atoms with Gasteiger partial charge in [-0.15, -0.1) is 0 Å². The van der Waals surface area contributed by atoms with E-state index in [4.69, 9.17) is 5.11 Å². The first kappa shape index (κ1) is 13.2. The number of rotatable bonds is 2. The summed E-state index contributed by atoms with van der Waals surface area (Å²) in [6.07, 6.45) is 3.00. The molecule has 0 saturated heterocycles. The summed E-state index contributed by atoms with van der Waals surface area (Å²) in [4.78, 5) is 11.0. The Hall–Kier alpha value is -1.82. The number of hydrogen-bond donors (Lipinski definition) is 2. The Labute approximate surface area is 124 Å². The highest BCUT2D eigenvalue weighted by atomic mass is 79.9. The number of halogens is 1. The number of carboxylic acid groups (broad SMARTS) is 1. The smallest absolute Gasteiger partial charge is 0.356 e. The van der Waals surface area contributed by atoms with Gasteiger partial charge in [0.25, 0.3) is 0 Å². The van der Waals surface area contributed by atoms with Crippen LogP contribution in [0.4, 0.5) is 0 Å². The largest absolute Gasteiger partial charge is 0.506 e. The number of phenols is 1. The Morgan fingerprint density at radius 2 is 2.15 bits per heavy atom. The lowest BCUT2D eigenvalue weighted by atomic mass is 10.0. The topological polar surface area (TPSA) is 75.4 Å². The van der Waals surface area contributed by atoms with Gasteiger partial charge in [0.15, 0.2) is 5.69 Å². The predicted molar refractivity (Wildman–Crippen MR) is 77.0 cm³/mol. The van der Waals surface area contributed by atoms with Crippen LogP contribution in [0.15, 0.2) is 16.6 Å². The van der Waals surface area contributed by atoms with E-state index >= 15 is 0 Å². The summed E-state index contributed by atoms with van der Waals surface area (Å²) in [6, 6.07) is 3.41. The fourth-order valence-corrected chi connectivity index (χ4v) is 3.37. The fraction of sp³-hybridized carbons (Fsp3) is 0.286. The van der Waals surface area contributed by atoms with Gasteiger partial charge in [0, 0.05) is 12.6 Å². The predicted octanol–water partition coefficient (Wildman–Crippen LogP) is 2.74. The highest BCUT2D eigenvalue weighted by Crippen LogP contribution is 2.42. The Bertz CT molecular complexity index is 722. The van der Waals surface area contributed by atoms with Crippen LogP contribution in [0.25, 0.3) is 11.3 Å². The molecular formula is C14H13BrN2O3. The summed E-state index contributed by atoms with van der Waals surface area (Å²) in [5.41, 5.74) is 3.52. The molecule has 0 fully saturated rings. The molecule has 0 amide bonds. The van der Waals surface area contributed by atoms with Gasteiger partial charge in [0.05, 0.1) is 10.2 Å². The van der Waals surface area contributed by atoms with Crippen molar-refractivity contribution in [3.8, 4) is 17.0 Å². The minimum absolute atomic E-state index is 0.0291. The number of phenolic OH excluding ortho intramolecular Hbond substituents is 1. The zero-order valence-electron chi connectivity index (χ0n) is 10.9. The number of benzene rings is 1. The maximum Gasteiger partial charge on any atom is 0.356 e. The standard InChI is InChI=1S/C14H13BrN2O3/c1-17-11(6-10(16-17)14(19)20)9-5-7-3-2-4-8(7)12(15)13(9)18/h5-6,18H,2-4H2,1H3,(H,19,20). The zero-order chi connectivity index (χ0) is 14.4. The summed E-state index contributed by atoms with van der Waals surface area (Å²) in [7, 11) is 1.67. The molecule has 3 rings (SSSR count). The van der Waals surface area contributed by atoms with E-state index in [0.717, 1.165) is 24.8 Å². The summed E-state index contributed by atoms with van der Waals surface area (Å²) in [5.74, 6) is -0.933. The second kappa shape index (κ2) is 4.63. The molecule has 6 heteroatoms. The average Bonchev–Trinajstić information content (AvgIpc) is 3.00. The van der Waals surface area contributed by atoms with Crippen molar-refractivity contribution in [1.29, 1.82) is 0 Å². The van der Waals surface area contributed by atoms with Crippen LogP contribution in [0, 0.1) is 0 Å². The molecule has 0 unspecified atom stereocenters. The minimum atomic E-state index is -1.08. The lowest BCUT2D eigenvalue weighted by Gasteiger charge is -2.11. The monoisotopic (exact) mass is 336 g/mol. The number of aryl methyl sites for hydroxylation is 2. The van der Waals surface area contributed by atoms with Crippen LogP contribution < -0.4 is 0 Å². The van der Waals surface area contributed by atoms with Crippen LogP contribution in [0.3, 0.4) is 0 Å². The Balaban J connectivity index is 2.20. The molecule has 0 spiro atoms. The Morgan fingerprint density at radius 1 is 1.40 bits per heavy atom. The first-order valence-electron chi connectivity index (χ1n) is 6.30. The molecule has 0 bridgehead atoms. The van der Waals surface area contributed by atoms with Crippen molar-refractivity contribution in [3.05, 3.63) is 33.4 Å². The van der Waals surface area contributed by atoms with E-state index in [2.05, 4.69) is 21.0 Å². The SMILES string of the molecule is Cn1nc(C(=O)O)cc1-c1cc2c(c(Br)c1O)CCC2. The van der Waals surface area contributed by atoms with Gasteiger partial charge >= 0.3 is 5.97 Å². The zero-order valence-corrected chi connectivity index (χ0v) is 12.4. The van der Waals surface area contributed by atoms with Crippen LogP contribution in [-0.2, 0) is 19.9 Å². The molecule has 2 aromatic rings. The number of carbonyl (C=O) groups is 1. The summed E-state index contributed by atoms with van der Waals surface area (Å²) in [6.45, 7) is 0. The molecular weight excluding hydrogens is 324 g/mol. The first-order chi connectivity index (χ1) is 9.49. The lowest BCUT2D eigenvalue weighted by Crippen LogP contribution is -1.99. The number of aromatic nitrogens is 2. The number of hydrogen-bond acceptors (Lipinski definition) is 3. The Kier molecular flexibility index (Phi) is 3.05. The van der Waals surface area contributed by atoms with Crippen molar-refractivity contribution in [2.24, 2.45) is 7.05 Å². The van der Waals surface area contributed by atoms with Crippen LogP contribution in [0.2, 0.25) is 0 Å². The molecule has 1 aliphatic carbocycles. The number of aromatic carboxylic acids is 1. The number of aromatic hydroxyl groups is 1. The van der Waals surface area contributed by atoms with Crippen LogP contribution in [0.1, 0.15) is 28.0 Å². The van der Waals surface area contributed by atoms with Gasteiger partial charge in [0.1, 0.15) is 5.75 Å². The summed E-state index contributed by atoms with van der Waals surface area (Å²) >= 11 is 3.44. The first-order valence-corrected chi connectivity index (χ1v) is 7.09. The minimum Gasteiger partial charge on any atom is -0.506 e. The molecule has 2 N–H and O–H groups in total. The lowest BCUT2D eigenvalue weighted by molar-refractivity contribution is 0.0689. The average molecular weight is 337 g/mol. The second-order valence-corrected chi connectivity index (χ2v) is 5.71. The molecule has 0 radical (unpaired) electrons. The van der Waals surface area contributed by atoms with E-state index < -0.39 is 5.97 Å². The molecule has 20 heavy (non-hydrogen) atoms. The Morgan fingerprint density at radius 3 is 2.80 bits per heavy atom. The quantitative estimate of drug-likeness (QED) is 0.884. The van der Waals surface area contributed by atoms with Gasteiger partial charge in [-0.05, 0) is 58.5 Å². The molecule has 0 saturated carbocycles. The molecule has 1 aliphatic rings. The number of fused-ring (bicyclic) bond motifs is 1. The van der Waals surface area contributed by atoms with Crippen molar-refractivity contribution in [2.75, 3.05) is 0 Å². The third-order valence-corrected chi connectivity index (χ3v) is 4.54. The van der Waals surface area contributed by atoms with Crippen molar-refractivity contribution in [1.82, 2.24) is 9.78 Å². The third-order valence-electron chi connectivity index (χ3n) is 3.68. The van der Waals surface area contributed by atoms with Gasteiger partial charge in [-0.25, -0.2) is 4.79 Å². The molecule has 1 aromatic carbocycles. The molecule has 0 atom stereocenters. The molecule has 1 aromatic heterocycles. The maximum absolute atomic E-state index is 11.0. The normalized spacial score (nSPS) is 13.5. The number of nitrogens with zero attached hydrogens (tertiary/aromatic N) is 2. The number of carboxylic acids is 1. The van der Waals surface area contributed by atoms with Gasteiger partial charge in [-0.3, -0.25) is 4.68 Å². The van der Waals surface area contributed by atoms with E-state index in [-0.39, 0.29) is 11.4 Å². The van der Waals surface area contributed by atoms with E-state index in [1.54, 1.807) is 7.05 Å². The van der Waals surface area contributed by atoms with E-state index in [0.29, 0.717) is 15.7 Å². The molecule has 5 nitrogen and oxygen atoms in total. The van der Waals surface area contributed by atoms with Crippen molar-refractivity contribution in [2.45, 2.75) is 19.3 Å². The fourth-order valence-electron chi connectivity index (χ4n) is 2.70. The maximum atomic E-state index is 11.0. The van der Waals surface area contributed by atoms with Crippen molar-refractivity contribution < 1.29 is 15.0 Å². The highest BCUT2D eigenvalue weighted by molar-refractivity contribution is 9.10. The van der Waals surface area contributed by atoms with Crippen LogP contribution in [0.5, 0.6) is 5.75 Å². The highest BCUT2D eigenvalue weighted by Gasteiger charge is 2.23. The second-order valence-electron chi connectivity index (χ2n) is 4.92. The van der Waals surface area contributed by atoms with Gasteiger partial charge in [-0.1, -0.05) is 0 Å². The third kappa shape index (κ3) is 1.91. The van der Waals surface area contributed by atoms with Crippen LogP contribution >= 0.6 is 15.9 Å². The van der Waals surface area contributed by atoms with Gasteiger partial charge in [-0.2, -0.15) is 5.10 Å². The molecule has 104 valence electrons. The van der Waals surface area contributed by atoms with Crippen LogP contribution in [-0.4, -0.2) is 26.0 Å². The summed E-state index contributed by atoms with van der Waals surface area (Å²) in [5, 5.41) is 23.3.